The van der Waals surface area contributed by atoms with Crippen LogP contribution in [0, 0.1) is 11.3 Å². The molecule has 2 nitrogen and oxygen atoms in total. The molecule has 0 unspecified atom stereocenters. The second kappa shape index (κ2) is 4.84. The van der Waals surface area contributed by atoms with Crippen molar-refractivity contribution in [3.8, 4) is 0 Å². The smallest absolute Gasteiger partial charge is 0.0107 e. The zero-order chi connectivity index (χ0) is 10.7. The molecule has 2 heteroatoms. The Labute approximate surface area is 94.4 Å². The van der Waals surface area contributed by atoms with Crippen LogP contribution < -0.4 is 5.32 Å². The summed E-state index contributed by atoms with van der Waals surface area (Å²) in [6, 6.07) is 0. The van der Waals surface area contributed by atoms with Gasteiger partial charge in [0.25, 0.3) is 0 Å². The van der Waals surface area contributed by atoms with Crippen LogP contribution in [0.25, 0.3) is 0 Å². The van der Waals surface area contributed by atoms with Crippen molar-refractivity contribution >= 4 is 0 Å². The Balaban J connectivity index is 1.71. The summed E-state index contributed by atoms with van der Waals surface area (Å²) in [6.45, 7) is 11.1. The first-order valence-electron chi connectivity index (χ1n) is 6.59. The summed E-state index contributed by atoms with van der Waals surface area (Å²) in [4.78, 5) is 2.65. The predicted octanol–water partition coefficient (Wildman–Crippen LogP) is 2.11. The SMILES string of the molecule is CC1(C)CCC(CN2CCNCC2)CC1. The van der Waals surface area contributed by atoms with E-state index in [-0.39, 0.29) is 0 Å². The number of rotatable bonds is 2. The maximum Gasteiger partial charge on any atom is 0.0107 e. The lowest BCUT2D eigenvalue weighted by molar-refractivity contribution is 0.136. The third-order valence-corrected chi connectivity index (χ3v) is 4.18. The number of hydrogen-bond acceptors (Lipinski definition) is 2. The Bertz CT molecular complexity index is 185. The molecule has 1 aliphatic heterocycles. The molecule has 0 spiro atoms. The van der Waals surface area contributed by atoms with E-state index in [1.165, 1.54) is 58.4 Å². The molecule has 0 aromatic rings. The molecule has 0 amide bonds. The average Bonchev–Trinajstić information content (AvgIpc) is 2.23. The van der Waals surface area contributed by atoms with E-state index in [1.807, 2.05) is 0 Å². The van der Waals surface area contributed by atoms with Crippen LogP contribution in [0.15, 0.2) is 0 Å². The zero-order valence-corrected chi connectivity index (χ0v) is 10.4. The van der Waals surface area contributed by atoms with Gasteiger partial charge in [-0.2, -0.15) is 0 Å². The molecule has 0 radical (unpaired) electrons. The molecular weight excluding hydrogens is 184 g/mol. The highest BCUT2D eigenvalue weighted by atomic mass is 15.2. The lowest BCUT2D eigenvalue weighted by atomic mass is 9.73. The third-order valence-electron chi connectivity index (χ3n) is 4.18. The van der Waals surface area contributed by atoms with Gasteiger partial charge in [-0.3, -0.25) is 0 Å². The quantitative estimate of drug-likeness (QED) is 0.751. The standard InChI is InChI=1S/C13H26N2/c1-13(2)5-3-12(4-6-13)11-15-9-7-14-8-10-15/h12,14H,3-11H2,1-2H3. The van der Waals surface area contributed by atoms with Crippen LogP contribution in [-0.4, -0.2) is 37.6 Å². The van der Waals surface area contributed by atoms with Crippen LogP contribution in [0.2, 0.25) is 0 Å². The largest absolute Gasteiger partial charge is 0.314 e. The van der Waals surface area contributed by atoms with Crippen LogP contribution in [-0.2, 0) is 0 Å². The van der Waals surface area contributed by atoms with Gasteiger partial charge in [0.15, 0.2) is 0 Å². The van der Waals surface area contributed by atoms with Crippen LogP contribution in [0.4, 0.5) is 0 Å². The van der Waals surface area contributed by atoms with Gasteiger partial charge in [0, 0.05) is 32.7 Å². The van der Waals surface area contributed by atoms with Crippen molar-refractivity contribution in [2.45, 2.75) is 39.5 Å². The van der Waals surface area contributed by atoms with Gasteiger partial charge < -0.3 is 10.2 Å². The summed E-state index contributed by atoms with van der Waals surface area (Å²) in [5, 5.41) is 3.42. The molecule has 2 aliphatic rings. The Morgan fingerprint density at radius 1 is 1.13 bits per heavy atom. The second-order valence-corrected chi connectivity index (χ2v) is 6.16. The highest BCUT2D eigenvalue weighted by Crippen LogP contribution is 2.38. The Kier molecular flexibility index (Phi) is 3.68. The monoisotopic (exact) mass is 210 g/mol. The second-order valence-electron chi connectivity index (χ2n) is 6.16. The van der Waals surface area contributed by atoms with E-state index in [2.05, 4.69) is 24.1 Å². The summed E-state index contributed by atoms with van der Waals surface area (Å²) >= 11 is 0. The number of piperazine rings is 1. The van der Waals surface area contributed by atoms with Gasteiger partial charge in [0.05, 0.1) is 0 Å². The van der Waals surface area contributed by atoms with E-state index in [9.17, 15) is 0 Å². The molecule has 15 heavy (non-hydrogen) atoms. The van der Waals surface area contributed by atoms with Gasteiger partial charge in [0.1, 0.15) is 0 Å². The molecule has 2 fully saturated rings. The van der Waals surface area contributed by atoms with Gasteiger partial charge in [-0.25, -0.2) is 0 Å². The minimum absolute atomic E-state index is 0.625. The fraction of sp³-hybridized carbons (Fsp3) is 1.00. The van der Waals surface area contributed by atoms with Crippen LogP contribution in [0.1, 0.15) is 39.5 Å². The summed E-state index contributed by atoms with van der Waals surface area (Å²) in [6.07, 6.45) is 5.78. The van der Waals surface area contributed by atoms with Gasteiger partial charge in [-0.15, -0.1) is 0 Å². The van der Waals surface area contributed by atoms with Crippen molar-refractivity contribution in [2.24, 2.45) is 11.3 Å². The third kappa shape index (κ3) is 3.46. The number of nitrogens with one attached hydrogen (secondary N) is 1. The molecule has 88 valence electrons. The zero-order valence-electron chi connectivity index (χ0n) is 10.4. The number of hydrogen-bond donors (Lipinski definition) is 1. The summed E-state index contributed by atoms with van der Waals surface area (Å²) in [7, 11) is 0. The lowest BCUT2D eigenvalue weighted by Crippen LogP contribution is -2.45. The normalized spacial score (nSPS) is 29.2. The first kappa shape index (κ1) is 11.4. The molecule has 1 aliphatic carbocycles. The highest BCUT2D eigenvalue weighted by Gasteiger charge is 2.27. The number of nitrogens with zero attached hydrogens (tertiary/aromatic N) is 1. The van der Waals surface area contributed by atoms with Crippen LogP contribution >= 0.6 is 0 Å². The molecule has 2 rings (SSSR count). The molecule has 1 N–H and O–H groups in total. The maximum absolute atomic E-state index is 3.42. The van der Waals surface area contributed by atoms with Gasteiger partial charge >= 0.3 is 0 Å². The summed E-state index contributed by atoms with van der Waals surface area (Å²) < 4.78 is 0. The maximum atomic E-state index is 3.42. The van der Waals surface area contributed by atoms with Crippen molar-refractivity contribution in [3.05, 3.63) is 0 Å². The van der Waals surface area contributed by atoms with Gasteiger partial charge in [-0.1, -0.05) is 13.8 Å². The van der Waals surface area contributed by atoms with E-state index >= 15 is 0 Å². The molecular formula is C13H26N2. The first-order chi connectivity index (χ1) is 7.16. The predicted molar refractivity (Wildman–Crippen MR) is 65.0 cm³/mol. The Morgan fingerprint density at radius 2 is 1.73 bits per heavy atom. The van der Waals surface area contributed by atoms with Crippen molar-refractivity contribution in [3.63, 3.8) is 0 Å². The van der Waals surface area contributed by atoms with Crippen molar-refractivity contribution in [2.75, 3.05) is 32.7 Å². The van der Waals surface area contributed by atoms with Crippen LogP contribution in [0.3, 0.4) is 0 Å². The molecule has 0 aromatic carbocycles. The first-order valence-corrected chi connectivity index (χ1v) is 6.59. The Hall–Kier alpha value is -0.0800. The van der Waals surface area contributed by atoms with E-state index in [0.717, 1.165) is 5.92 Å². The molecule has 0 bridgehead atoms. The van der Waals surface area contributed by atoms with Crippen LogP contribution in [0.5, 0.6) is 0 Å². The van der Waals surface area contributed by atoms with E-state index in [0.29, 0.717) is 5.41 Å². The molecule has 1 saturated heterocycles. The minimum Gasteiger partial charge on any atom is -0.314 e. The minimum atomic E-state index is 0.625. The molecule has 1 saturated carbocycles. The summed E-state index contributed by atoms with van der Waals surface area (Å²) in [5.74, 6) is 0.983. The highest BCUT2D eigenvalue weighted by molar-refractivity contribution is 4.81. The van der Waals surface area contributed by atoms with Crippen molar-refractivity contribution in [1.82, 2.24) is 10.2 Å². The lowest BCUT2D eigenvalue weighted by Gasteiger charge is -2.37. The van der Waals surface area contributed by atoms with Crippen molar-refractivity contribution in [1.29, 1.82) is 0 Å². The van der Waals surface area contributed by atoms with E-state index in [1.54, 1.807) is 0 Å². The molecule has 1 heterocycles. The fourth-order valence-corrected chi connectivity index (χ4v) is 2.90. The van der Waals surface area contributed by atoms with Gasteiger partial charge in [0.2, 0.25) is 0 Å². The molecule has 0 aromatic heterocycles. The Morgan fingerprint density at radius 3 is 2.33 bits per heavy atom. The average molecular weight is 210 g/mol. The van der Waals surface area contributed by atoms with E-state index < -0.39 is 0 Å². The molecule has 0 atom stereocenters. The van der Waals surface area contributed by atoms with Gasteiger partial charge in [-0.05, 0) is 37.0 Å². The summed E-state index contributed by atoms with van der Waals surface area (Å²) in [5.41, 5.74) is 0.625. The fourth-order valence-electron chi connectivity index (χ4n) is 2.90. The van der Waals surface area contributed by atoms with Crippen molar-refractivity contribution < 1.29 is 0 Å². The topological polar surface area (TPSA) is 15.3 Å². The van der Waals surface area contributed by atoms with E-state index in [4.69, 9.17) is 0 Å².